The number of carbonyl (C=O) groups is 1. The Kier molecular flexibility index (Phi) is 5.42. The Morgan fingerprint density at radius 2 is 2.17 bits per heavy atom. The van der Waals surface area contributed by atoms with Crippen LogP contribution < -0.4 is 5.32 Å². The predicted octanol–water partition coefficient (Wildman–Crippen LogP) is 3.15. The van der Waals surface area contributed by atoms with Crippen molar-refractivity contribution in [3.8, 4) is 0 Å². The number of aromatic amines is 1. The number of hydrogen-bond donors (Lipinski definition) is 3. The van der Waals surface area contributed by atoms with E-state index in [0.717, 1.165) is 17.5 Å². The fourth-order valence-corrected chi connectivity index (χ4v) is 2.51. The quantitative estimate of drug-likeness (QED) is 0.734. The molecule has 0 aliphatic heterocycles. The lowest BCUT2D eigenvalue weighted by molar-refractivity contribution is -0.121. The summed E-state index contributed by atoms with van der Waals surface area (Å²) in [4.78, 5) is 15.1. The summed E-state index contributed by atoms with van der Waals surface area (Å²) in [6.45, 7) is 6.15. The van der Waals surface area contributed by atoms with Gasteiger partial charge in [0.2, 0.25) is 5.91 Å². The van der Waals surface area contributed by atoms with Crippen molar-refractivity contribution < 1.29 is 14.3 Å². The Morgan fingerprint density at radius 1 is 1.43 bits per heavy atom. The molecule has 0 bridgehead atoms. The molecule has 0 saturated carbocycles. The first-order valence-corrected chi connectivity index (χ1v) is 8.01. The van der Waals surface area contributed by atoms with Gasteiger partial charge in [-0.2, -0.15) is 0 Å². The average Bonchev–Trinajstić information content (AvgIpc) is 2.86. The molecule has 1 aromatic heterocycles. The summed E-state index contributed by atoms with van der Waals surface area (Å²) in [7, 11) is 0. The second-order valence-electron chi connectivity index (χ2n) is 6.89. The number of aliphatic hydroxyl groups is 1. The molecule has 0 aliphatic carbocycles. The van der Waals surface area contributed by atoms with E-state index in [1.54, 1.807) is 19.2 Å². The summed E-state index contributed by atoms with van der Waals surface area (Å²) < 4.78 is 13.3. The van der Waals surface area contributed by atoms with Gasteiger partial charge in [0.25, 0.3) is 0 Å². The number of rotatable bonds is 7. The zero-order valence-electron chi connectivity index (χ0n) is 13.9. The molecule has 0 spiro atoms. The third-order valence-corrected chi connectivity index (χ3v) is 4.01. The maximum Gasteiger partial charge on any atom is 0.224 e. The van der Waals surface area contributed by atoms with Crippen LogP contribution in [0.25, 0.3) is 10.9 Å². The van der Waals surface area contributed by atoms with Crippen molar-refractivity contribution in [2.24, 2.45) is 5.92 Å². The first-order chi connectivity index (χ1) is 10.8. The molecule has 5 heteroatoms. The van der Waals surface area contributed by atoms with Gasteiger partial charge in [0.1, 0.15) is 5.82 Å². The molecule has 1 amide bonds. The number of carbonyl (C=O) groups excluding carboxylic acids is 1. The lowest BCUT2D eigenvalue weighted by Crippen LogP contribution is -2.41. The van der Waals surface area contributed by atoms with Crippen LogP contribution >= 0.6 is 0 Å². The van der Waals surface area contributed by atoms with Crippen molar-refractivity contribution >= 4 is 16.8 Å². The molecule has 23 heavy (non-hydrogen) atoms. The number of H-pyrrole nitrogens is 1. The molecule has 0 fully saturated rings. The van der Waals surface area contributed by atoms with Crippen LogP contribution in [0.15, 0.2) is 24.4 Å². The monoisotopic (exact) mass is 320 g/mol. The van der Waals surface area contributed by atoms with E-state index in [1.807, 2.05) is 0 Å². The minimum Gasteiger partial charge on any atom is -0.388 e. The molecule has 2 rings (SSSR count). The molecule has 126 valence electrons. The second-order valence-corrected chi connectivity index (χ2v) is 6.89. The number of hydrogen-bond acceptors (Lipinski definition) is 2. The highest BCUT2D eigenvalue weighted by Gasteiger charge is 2.21. The molecule has 0 saturated heterocycles. The van der Waals surface area contributed by atoms with Gasteiger partial charge < -0.3 is 15.4 Å². The van der Waals surface area contributed by atoms with E-state index in [4.69, 9.17) is 0 Å². The third kappa shape index (κ3) is 5.06. The summed E-state index contributed by atoms with van der Waals surface area (Å²) in [6.07, 6.45) is 3.43. The van der Waals surface area contributed by atoms with E-state index < -0.39 is 5.60 Å². The molecule has 1 unspecified atom stereocenters. The van der Waals surface area contributed by atoms with Gasteiger partial charge in [-0.1, -0.05) is 13.8 Å². The fraction of sp³-hybridized carbons (Fsp3) is 0.500. The summed E-state index contributed by atoms with van der Waals surface area (Å²) >= 11 is 0. The van der Waals surface area contributed by atoms with Crippen LogP contribution in [0.3, 0.4) is 0 Å². The number of amides is 1. The maximum absolute atomic E-state index is 13.3. The van der Waals surface area contributed by atoms with Crippen molar-refractivity contribution in [1.29, 1.82) is 0 Å². The van der Waals surface area contributed by atoms with Gasteiger partial charge >= 0.3 is 0 Å². The highest BCUT2D eigenvalue weighted by atomic mass is 19.1. The number of fused-ring (bicyclic) bond motifs is 1. The summed E-state index contributed by atoms with van der Waals surface area (Å²) in [6, 6.07) is 4.46. The van der Waals surface area contributed by atoms with Gasteiger partial charge in [-0.3, -0.25) is 4.79 Å². The highest BCUT2D eigenvalue weighted by Crippen LogP contribution is 2.20. The largest absolute Gasteiger partial charge is 0.388 e. The normalized spacial score (nSPS) is 14.2. The highest BCUT2D eigenvalue weighted by molar-refractivity contribution is 5.88. The van der Waals surface area contributed by atoms with Gasteiger partial charge in [0, 0.05) is 23.6 Å². The van der Waals surface area contributed by atoms with Crippen molar-refractivity contribution in [1.82, 2.24) is 10.3 Å². The number of benzene rings is 1. The summed E-state index contributed by atoms with van der Waals surface area (Å²) in [5.41, 5.74) is 0.642. The van der Waals surface area contributed by atoms with Crippen molar-refractivity contribution in [3.05, 3.63) is 35.8 Å². The molecular weight excluding hydrogens is 295 g/mol. The van der Waals surface area contributed by atoms with Crippen LogP contribution in [0.1, 0.15) is 39.2 Å². The minimum absolute atomic E-state index is 0.156. The average molecular weight is 320 g/mol. The minimum atomic E-state index is -0.910. The molecule has 3 N–H and O–H groups in total. The second kappa shape index (κ2) is 7.13. The molecule has 0 aliphatic rings. The standard InChI is InChI=1S/C18H25FN2O2/c1-12(2)6-7-18(3,23)11-21-17(22)8-13-10-20-16-5-4-14(19)9-15(13)16/h4-5,9-10,12,20,23H,6-8,11H2,1-3H3,(H,21,22). The number of halogens is 1. The van der Waals surface area contributed by atoms with E-state index in [0.29, 0.717) is 17.7 Å². The molecule has 1 aromatic carbocycles. The predicted molar refractivity (Wildman–Crippen MR) is 89.7 cm³/mol. The Labute approximate surface area is 136 Å². The summed E-state index contributed by atoms with van der Waals surface area (Å²) in [5, 5.41) is 13.8. The topological polar surface area (TPSA) is 65.1 Å². The zero-order valence-corrected chi connectivity index (χ0v) is 13.9. The Balaban J connectivity index is 1.92. The summed E-state index contributed by atoms with van der Waals surface area (Å²) in [5.74, 6) is 0.00801. The van der Waals surface area contributed by atoms with Crippen LogP contribution in [0.2, 0.25) is 0 Å². The Bertz CT molecular complexity index is 677. The van der Waals surface area contributed by atoms with Gasteiger partial charge in [-0.15, -0.1) is 0 Å². The lowest BCUT2D eigenvalue weighted by atomic mass is 9.95. The number of aromatic nitrogens is 1. The zero-order chi connectivity index (χ0) is 17.0. The molecule has 4 nitrogen and oxygen atoms in total. The third-order valence-electron chi connectivity index (χ3n) is 4.01. The lowest BCUT2D eigenvalue weighted by Gasteiger charge is -2.24. The van der Waals surface area contributed by atoms with Crippen LogP contribution in [-0.4, -0.2) is 28.1 Å². The van der Waals surface area contributed by atoms with Crippen molar-refractivity contribution in [3.63, 3.8) is 0 Å². The molecule has 0 radical (unpaired) electrons. The first-order valence-electron chi connectivity index (χ1n) is 8.01. The van der Waals surface area contributed by atoms with E-state index in [-0.39, 0.29) is 24.7 Å². The first kappa shape index (κ1) is 17.5. The van der Waals surface area contributed by atoms with E-state index in [2.05, 4.69) is 24.1 Å². The van der Waals surface area contributed by atoms with E-state index in [1.165, 1.54) is 12.1 Å². The Hall–Kier alpha value is -1.88. The molecular formula is C18H25FN2O2. The molecule has 1 atom stereocenters. The van der Waals surface area contributed by atoms with Crippen molar-refractivity contribution in [2.45, 2.75) is 45.6 Å². The van der Waals surface area contributed by atoms with Crippen LogP contribution in [0.4, 0.5) is 4.39 Å². The maximum atomic E-state index is 13.3. The van der Waals surface area contributed by atoms with E-state index in [9.17, 15) is 14.3 Å². The van der Waals surface area contributed by atoms with Gasteiger partial charge in [0.05, 0.1) is 12.0 Å². The SMILES string of the molecule is CC(C)CCC(C)(O)CNC(=O)Cc1c[nH]c2ccc(F)cc12. The smallest absolute Gasteiger partial charge is 0.224 e. The van der Waals surface area contributed by atoms with Gasteiger partial charge in [-0.05, 0) is 49.4 Å². The fourth-order valence-electron chi connectivity index (χ4n) is 2.51. The van der Waals surface area contributed by atoms with Crippen LogP contribution in [0, 0.1) is 11.7 Å². The van der Waals surface area contributed by atoms with Gasteiger partial charge in [0.15, 0.2) is 0 Å². The van der Waals surface area contributed by atoms with Crippen LogP contribution in [-0.2, 0) is 11.2 Å². The van der Waals surface area contributed by atoms with E-state index >= 15 is 0 Å². The van der Waals surface area contributed by atoms with Crippen molar-refractivity contribution in [2.75, 3.05) is 6.54 Å². The van der Waals surface area contributed by atoms with Gasteiger partial charge in [-0.25, -0.2) is 4.39 Å². The number of nitrogens with one attached hydrogen (secondary N) is 2. The molecule has 2 aromatic rings. The molecule has 1 heterocycles. The van der Waals surface area contributed by atoms with Crippen LogP contribution in [0.5, 0.6) is 0 Å². The Morgan fingerprint density at radius 3 is 2.87 bits per heavy atom.